The first-order valence-electron chi connectivity index (χ1n) is 48.8. The normalized spacial score (nSPS) is 14.4. The molecule has 3 aliphatic rings. The van der Waals surface area contributed by atoms with Gasteiger partial charge in [-0.3, -0.25) is 18.9 Å². The highest BCUT2D eigenvalue weighted by Gasteiger charge is 2.28. The topological polar surface area (TPSA) is 343 Å². The van der Waals surface area contributed by atoms with Gasteiger partial charge in [-0.05, 0) is 234 Å². The Morgan fingerprint density at radius 2 is 0.819 bits per heavy atom. The average molecular weight is 2070 g/mol. The van der Waals surface area contributed by atoms with Crippen molar-refractivity contribution in [3.8, 4) is 50.6 Å². The number of rotatable bonds is 41. The van der Waals surface area contributed by atoms with Gasteiger partial charge in [-0.1, -0.05) is 134 Å². The summed E-state index contributed by atoms with van der Waals surface area (Å²) in [6, 6.07) is 44.3. The van der Waals surface area contributed by atoms with Crippen molar-refractivity contribution < 1.29 is 78.7 Å². The zero-order valence-corrected chi connectivity index (χ0v) is 86.8. The Kier molecular flexibility index (Phi) is 44.9. The molecule has 0 radical (unpaired) electrons. The molecule has 9 heterocycles. The number of ether oxygens (including phenoxy) is 9. The molecule has 31 nitrogen and oxygen atoms in total. The number of hydrogen-bond acceptors (Lipinski definition) is 27. The zero-order chi connectivity index (χ0) is 100. The number of nitrogens with zero attached hydrogens (tertiary/aromatic N) is 12. The lowest BCUT2D eigenvalue weighted by Crippen LogP contribution is -2.44. The highest BCUT2D eigenvalue weighted by atomic mass is 35.5. The minimum atomic E-state index is -3.64. The van der Waals surface area contributed by atoms with E-state index in [0.29, 0.717) is 111 Å². The van der Waals surface area contributed by atoms with Crippen molar-refractivity contribution in [2.24, 2.45) is 5.73 Å². The van der Waals surface area contributed by atoms with Gasteiger partial charge < -0.3 is 86.1 Å². The molecule has 6 aromatic heterocycles. The van der Waals surface area contributed by atoms with E-state index >= 15 is 0 Å². The quantitative estimate of drug-likeness (QED) is 0.0237. The van der Waals surface area contributed by atoms with Crippen LogP contribution in [-0.2, 0) is 106 Å². The van der Waals surface area contributed by atoms with Crippen LogP contribution in [0.3, 0.4) is 0 Å². The molecule has 0 bridgehead atoms. The van der Waals surface area contributed by atoms with E-state index in [0.717, 1.165) is 284 Å². The third-order valence-corrected chi connectivity index (χ3v) is 27.2. The lowest BCUT2D eigenvalue weighted by atomic mass is 10.0. The van der Waals surface area contributed by atoms with Gasteiger partial charge in [-0.25, -0.2) is 19.7 Å². The van der Waals surface area contributed by atoms with Crippen LogP contribution in [0.25, 0.3) is 66.5 Å². The van der Waals surface area contributed by atoms with Crippen LogP contribution in [0.5, 0.6) is 17.2 Å². The molecule has 13 aromatic rings. The summed E-state index contributed by atoms with van der Waals surface area (Å²) in [5.74, 6) is 6.94. The summed E-state index contributed by atoms with van der Waals surface area (Å²) >= 11 is 19.3. The Balaban J connectivity index is 0.000000204. The number of carbonyl (C=O) groups is 1. The van der Waals surface area contributed by atoms with Gasteiger partial charge >= 0.3 is 6.09 Å². The Morgan fingerprint density at radius 3 is 1.17 bits per heavy atom. The molecule has 0 saturated carbocycles. The second kappa shape index (κ2) is 56.0. The molecule has 784 valence electrons. The summed E-state index contributed by atoms with van der Waals surface area (Å²) in [4.78, 5) is 34.8. The molecule has 3 atom stereocenters. The molecule has 3 aliphatic heterocycles. The maximum absolute atomic E-state index is 11.7. The zero-order valence-electron chi connectivity index (χ0n) is 83.7. The van der Waals surface area contributed by atoms with Crippen molar-refractivity contribution in [2.45, 2.75) is 212 Å². The monoisotopic (exact) mass is 2060 g/mol. The number of hydrogen-bond donors (Lipinski definition) is 3. The Hall–Kier alpha value is -10.4. The molecule has 144 heavy (non-hydrogen) atoms. The molecule has 16 rings (SSSR count). The van der Waals surface area contributed by atoms with Crippen molar-refractivity contribution in [3.63, 3.8) is 0 Å². The van der Waals surface area contributed by atoms with Crippen molar-refractivity contribution >= 4 is 84.1 Å². The summed E-state index contributed by atoms with van der Waals surface area (Å²) < 4.78 is 101. The van der Waals surface area contributed by atoms with Crippen LogP contribution in [0.4, 0.5) is 4.79 Å². The highest BCUT2D eigenvalue weighted by Crippen LogP contribution is 2.37. The molecule has 0 aliphatic carbocycles. The largest absolute Gasteiger partial charge is 0.506 e. The first kappa shape index (κ1) is 116. The van der Waals surface area contributed by atoms with Gasteiger partial charge in [-0.2, -0.15) is 8.42 Å². The van der Waals surface area contributed by atoms with E-state index in [-0.39, 0.29) is 39.5 Å². The predicted octanol–water partition coefficient (Wildman–Crippen LogP) is 20.4. The number of phenols is 1. The minimum absolute atomic E-state index is 0. The second-order valence-electron chi connectivity index (χ2n) is 36.8. The van der Waals surface area contributed by atoms with Gasteiger partial charge in [0.25, 0.3) is 10.1 Å². The Bertz CT molecular complexity index is 6270. The lowest BCUT2D eigenvalue weighted by Gasteiger charge is -2.32. The minimum Gasteiger partial charge on any atom is -0.506 e. The predicted molar refractivity (Wildman–Crippen MR) is 569 cm³/mol. The van der Waals surface area contributed by atoms with Gasteiger partial charge in [-0.15, -0.1) is 0 Å². The van der Waals surface area contributed by atoms with E-state index in [1.54, 1.807) is 18.2 Å². The van der Waals surface area contributed by atoms with Crippen molar-refractivity contribution in [2.75, 3.05) is 151 Å². The van der Waals surface area contributed by atoms with Crippen LogP contribution in [0.2, 0.25) is 15.1 Å². The number of imidazole rings is 3. The summed E-state index contributed by atoms with van der Waals surface area (Å²) in [5.41, 5.74) is 24.4. The van der Waals surface area contributed by atoms with E-state index in [9.17, 15) is 18.3 Å². The molecule has 3 saturated heterocycles. The Labute approximate surface area is 864 Å². The van der Waals surface area contributed by atoms with E-state index in [2.05, 4.69) is 131 Å². The standard InChI is InChI=1S/C36H48ClN5O6.C31H40ClN5O4.C27H31ClN4O3.C12H18O4S.3CH4/c1-24(41-14-17-45-18-15-41)23-42-31-10-9-28(34-25(2)40-48-26(34)3)22-30(31)39-33(42)12-8-27-7-11-32(29(37)21-27)46-20-19-44-16-13-38-35(43)47-36(4,5)6;1-21(36-11-14-39-15-12-36)20-37-28-7-6-25(31-22(2)35-41-23(31)3)19-27(28)34-30(37)9-5-24-4-8-29(26(32)18-24)40-17-16-38-13-10-33;1-17(31-10-12-34-13-11-31)16-32-24-7-6-21(27-18(2)30-35-19(27)3)15-23(24)29-26(32)9-5-20-4-8-25(33)22(28)14-20;1-3-8-15-9-10-16-17(13,14)12-6-4-11(2)5-7-12;;;/h7,9-11,21-22,24H,8,12-20,23H2,1-6H3,(H,38,43);4,6-8,18-19,21H,5,9-17,20,33H2,1-3H3;4,6-8,14-15,17,33H,5,9-13,16H2,1-3H3;4-7H,3,8-10H2,1-2H3;3*1H4/t24-;21-;17-;;;;/m000..../s1. The number of aryl methyl sites for hydroxylation is 13. The molecular formula is C109H149Cl3N14O17S. The smallest absolute Gasteiger partial charge is 0.407 e. The highest BCUT2D eigenvalue weighted by molar-refractivity contribution is 7.86. The fourth-order valence-electron chi connectivity index (χ4n) is 17.6. The summed E-state index contributed by atoms with van der Waals surface area (Å²) in [6.07, 6.45) is 5.13. The van der Waals surface area contributed by atoms with Crippen LogP contribution in [0.1, 0.15) is 151 Å². The number of nitrogens with two attached hydrogens (primary N) is 1. The SMILES string of the molecule is C.C.C.CCCOCCOS(=O)(=O)c1ccc(C)cc1.Cc1noc(C)c1-c1ccc2c(c1)nc(CCc1ccc(O)c(Cl)c1)n2C[C@H](C)N1CCOCC1.Cc1noc(C)c1-c1ccc2c(c1)nc(CCc1ccc(OCCOCCN)c(Cl)c1)n2C[C@H](C)N1CCOCC1.Cc1noc(C)c1-c1ccc2c(c1)nc(CCc1ccc(OCCOCCNC(=O)OC(C)(C)C)c(Cl)c1)n2C[C@H](C)N1CCOCC1. The van der Waals surface area contributed by atoms with Crippen molar-refractivity contribution in [1.82, 2.24) is 64.1 Å². The molecule has 7 aromatic carbocycles. The fourth-order valence-corrected chi connectivity index (χ4v) is 19.3. The third-order valence-electron chi connectivity index (χ3n) is 25.0. The van der Waals surface area contributed by atoms with Crippen LogP contribution >= 0.6 is 34.8 Å². The number of halogens is 3. The van der Waals surface area contributed by atoms with Gasteiger partial charge in [0.05, 0.1) is 149 Å². The number of benzene rings is 7. The summed E-state index contributed by atoms with van der Waals surface area (Å²) in [7, 11) is -3.64. The number of carbonyl (C=O) groups excluding carboxylic acids is 1. The average Bonchev–Trinajstić information content (AvgIpc) is 1.63. The molecular weight excluding hydrogens is 1920 g/mol. The number of nitrogens with one attached hydrogen (secondary N) is 1. The molecule has 1 amide bonds. The van der Waals surface area contributed by atoms with Crippen LogP contribution in [-0.4, -0.2) is 254 Å². The maximum atomic E-state index is 11.7. The lowest BCUT2D eigenvalue weighted by molar-refractivity contribution is 0.0170. The second-order valence-corrected chi connectivity index (χ2v) is 39.6. The third kappa shape index (κ3) is 32.3. The van der Waals surface area contributed by atoms with Gasteiger partial charge in [0.2, 0.25) is 0 Å². The molecule has 0 spiro atoms. The van der Waals surface area contributed by atoms with Crippen LogP contribution in [0, 0.1) is 48.5 Å². The summed E-state index contributed by atoms with van der Waals surface area (Å²) in [6.45, 7) is 45.1. The van der Waals surface area contributed by atoms with Gasteiger partial charge in [0.1, 0.15) is 70.8 Å². The number of aromatic nitrogens is 9. The van der Waals surface area contributed by atoms with E-state index in [4.69, 9.17) is 116 Å². The molecule has 35 heteroatoms. The molecule has 4 N–H and O–H groups in total. The van der Waals surface area contributed by atoms with Crippen LogP contribution in [0.15, 0.2) is 152 Å². The maximum Gasteiger partial charge on any atom is 0.407 e. The number of phenolic OH excluding ortho intramolecular Hbond substituents is 1. The van der Waals surface area contributed by atoms with Crippen LogP contribution < -0.4 is 20.5 Å². The van der Waals surface area contributed by atoms with Crippen molar-refractivity contribution in [1.29, 1.82) is 0 Å². The Morgan fingerprint density at radius 1 is 0.458 bits per heavy atom. The van der Waals surface area contributed by atoms with E-state index in [1.165, 1.54) is 12.1 Å². The number of aromatic hydroxyl groups is 1. The van der Waals surface area contributed by atoms with Crippen molar-refractivity contribution in [3.05, 3.63) is 223 Å². The van der Waals surface area contributed by atoms with Gasteiger partial charge in [0, 0.05) is 133 Å². The summed E-state index contributed by atoms with van der Waals surface area (Å²) in [5, 5.41) is 26.4. The molecule has 0 unspecified atom stereocenters. The number of amides is 1. The number of fused-ring (bicyclic) bond motifs is 3. The van der Waals surface area contributed by atoms with E-state index in [1.807, 2.05) is 119 Å². The first-order valence-corrected chi connectivity index (χ1v) is 51.3. The number of morpholine rings is 3. The van der Waals surface area contributed by atoms with E-state index < -0.39 is 21.8 Å². The van der Waals surface area contributed by atoms with Gasteiger partial charge in [0.15, 0.2) is 0 Å². The molecule has 3 fully saturated rings. The first-order chi connectivity index (χ1) is 67.9. The fraction of sp³-hybridized carbons (Fsp3) is 0.495. The number of alkyl carbamates (subject to hydrolysis) is 1.